The fourth-order valence-corrected chi connectivity index (χ4v) is 1.55. The van der Waals surface area contributed by atoms with Crippen LogP contribution in [0.5, 0.6) is 11.5 Å². The number of ether oxygens (including phenoxy) is 2. The van der Waals surface area contributed by atoms with Gasteiger partial charge in [0.1, 0.15) is 0 Å². The van der Waals surface area contributed by atoms with Crippen molar-refractivity contribution in [1.29, 1.82) is 0 Å². The molecule has 0 fully saturated rings. The Morgan fingerprint density at radius 1 is 1.47 bits per heavy atom. The lowest BCUT2D eigenvalue weighted by molar-refractivity contribution is 0.172. The Morgan fingerprint density at radius 2 is 2.33 bits per heavy atom. The molecule has 1 aromatic rings. The molecule has 0 spiro atoms. The van der Waals surface area contributed by atoms with Crippen LogP contribution in [0.15, 0.2) is 18.2 Å². The van der Waals surface area contributed by atoms with E-state index >= 15 is 0 Å². The SMILES string of the molecule is CC(O)CNCc1cccc2c1OCO2. The predicted molar refractivity (Wildman–Crippen MR) is 56.0 cm³/mol. The van der Waals surface area contributed by atoms with Gasteiger partial charge in [0.05, 0.1) is 6.10 Å². The molecule has 1 atom stereocenters. The molecule has 0 aliphatic carbocycles. The molecule has 0 amide bonds. The first-order chi connectivity index (χ1) is 7.27. The second-order valence-corrected chi connectivity index (χ2v) is 3.63. The molecular weight excluding hydrogens is 194 g/mol. The van der Waals surface area contributed by atoms with E-state index in [9.17, 15) is 0 Å². The monoisotopic (exact) mass is 209 g/mol. The lowest BCUT2D eigenvalue weighted by Gasteiger charge is -2.08. The normalized spacial score (nSPS) is 15.3. The van der Waals surface area contributed by atoms with Gasteiger partial charge in [-0.25, -0.2) is 0 Å². The van der Waals surface area contributed by atoms with E-state index in [1.807, 2.05) is 18.2 Å². The molecule has 82 valence electrons. The van der Waals surface area contributed by atoms with Crippen LogP contribution in [0.1, 0.15) is 12.5 Å². The van der Waals surface area contributed by atoms with Gasteiger partial charge in [-0.05, 0) is 13.0 Å². The maximum atomic E-state index is 9.11. The first kappa shape index (κ1) is 10.3. The van der Waals surface area contributed by atoms with Crippen molar-refractivity contribution >= 4 is 0 Å². The minimum atomic E-state index is -0.334. The Bertz CT molecular complexity index is 339. The molecule has 1 aliphatic heterocycles. The third-order valence-corrected chi connectivity index (χ3v) is 2.23. The van der Waals surface area contributed by atoms with Crippen LogP contribution < -0.4 is 14.8 Å². The van der Waals surface area contributed by atoms with E-state index in [1.165, 1.54) is 0 Å². The molecular formula is C11H15NO3. The number of aliphatic hydroxyl groups is 1. The number of hydrogen-bond acceptors (Lipinski definition) is 4. The fraction of sp³-hybridized carbons (Fsp3) is 0.455. The van der Waals surface area contributed by atoms with E-state index in [-0.39, 0.29) is 6.10 Å². The van der Waals surface area contributed by atoms with E-state index in [0.29, 0.717) is 19.9 Å². The standard InChI is InChI=1S/C11H15NO3/c1-8(13)5-12-6-9-3-2-4-10-11(9)15-7-14-10/h2-4,8,12-13H,5-7H2,1H3. The molecule has 15 heavy (non-hydrogen) atoms. The van der Waals surface area contributed by atoms with Crippen molar-refractivity contribution in [1.82, 2.24) is 5.32 Å². The first-order valence-electron chi connectivity index (χ1n) is 5.03. The number of nitrogens with one attached hydrogen (secondary N) is 1. The Kier molecular flexibility index (Phi) is 3.08. The van der Waals surface area contributed by atoms with E-state index < -0.39 is 0 Å². The Hall–Kier alpha value is -1.26. The topological polar surface area (TPSA) is 50.7 Å². The number of fused-ring (bicyclic) bond motifs is 1. The van der Waals surface area contributed by atoms with Crippen LogP contribution in [0.4, 0.5) is 0 Å². The summed E-state index contributed by atoms with van der Waals surface area (Å²) in [7, 11) is 0. The number of hydrogen-bond donors (Lipinski definition) is 2. The summed E-state index contributed by atoms with van der Waals surface area (Å²) in [6, 6.07) is 5.82. The smallest absolute Gasteiger partial charge is 0.231 e. The lowest BCUT2D eigenvalue weighted by Crippen LogP contribution is -2.23. The lowest BCUT2D eigenvalue weighted by atomic mass is 10.2. The summed E-state index contributed by atoms with van der Waals surface area (Å²) in [6.07, 6.45) is -0.334. The summed E-state index contributed by atoms with van der Waals surface area (Å²) in [5.74, 6) is 1.61. The van der Waals surface area contributed by atoms with Gasteiger partial charge in [0, 0.05) is 18.7 Å². The number of benzene rings is 1. The number of rotatable bonds is 4. The summed E-state index contributed by atoms with van der Waals surface area (Å²) in [5.41, 5.74) is 1.06. The van der Waals surface area contributed by atoms with Gasteiger partial charge in [-0.2, -0.15) is 0 Å². The third-order valence-electron chi connectivity index (χ3n) is 2.23. The first-order valence-corrected chi connectivity index (χ1v) is 5.03. The van der Waals surface area contributed by atoms with E-state index in [0.717, 1.165) is 17.1 Å². The van der Waals surface area contributed by atoms with Crippen LogP contribution in [-0.4, -0.2) is 24.5 Å². The molecule has 0 saturated heterocycles. The predicted octanol–water partition coefficient (Wildman–Crippen LogP) is 0.886. The second kappa shape index (κ2) is 4.51. The van der Waals surface area contributed by atoms with Crippen LogP contribution >= 0.6 is 0 Å². The number of aliphatic hydroxyl groups excluding tert-OH is 1. The highest BCUT2D eigenvalue weighted by molar-refractivity contribution is 5.48. The molecule has 1 aliphatic rings. The molecule has 0 aromatic heterocycles. The summed E-state index contributed by atoms with van der Waals surface area (Å²) >= 11 is 0. The summed E-state index contributed by atoms with van der Waals surface area (Å²) in [5, 5.41) is 12.3. The van der Waals surface area contributed by atoms with Crippen molar-refractivity contribution in [3.63, 3.8) is 0 Å². The highest BCUT2D eigenvalue weighted by Gasteiger charge is 2.16. The zero-order valence-corrected chi connectivity index (χ0v) is 8.69. The van der Waals surface area contributed by atoms with Crippen molar-refractivity contribution in [3.05, 3.63) is 23.8 Å². The number of para-hydroxylation sites is 1. The van der Waals surface area contributed by atoms with Crippen molar-refractivity contribution in [3.8, 4) is 11.5 Å². The molecule has 4 nitrogen and oxygen atoms in total. The van der Waals surface area contributed by atoms with Gasteiger partial charge >= 0.3 is 0 Å². The summed E-state index contributed by atoms with van der Waals surface area (Å²) in [4.78, 5) is 0. The van der Waals surface area contributed by atoms with E-state index in [2.05, 4.69) is 5.32 Å². The Balaban J connectivity index is 2.00. The Labute approximate surface area is 88.8 Å². The van der Waals surface area contributed by atoms with E-state index in [1.54, 1.807) is 6.92 Å². The molecule has 2 rings (SSSR count). The molecule has 1 unspecified atom stereocenters. The molecule has 1 heterocycles. The molecule has 0 bridgehead atoms. The van der Waals surface area contributed by atoms with Crippen molar-refractivity contribution in [2.75, 3.05) is 13.3 Å². The summed E-state index contributed by atoms with van der Waals surface area (Å²) < 4.78 is 10.6. The van der Waals surface area contributed by atoms with Gasteiger partial charge in [0.25, 0.3) is 0 Å². The maximum Gasteiger partial charge on any atom is 0.231 e. The maximum absolute atomic E-state index is 9.11. The minimum Gasteiger partial charge on any atom is -0.454 e. The summed E-state index contributed by atoms with van der Waals surface area (Å²) in [6.45, 7) is 3.30. The van der Waals surface area contributed by atoms with Gasteiger partial charge < -0.3 is 19.9 Å². The average Bonchev–Trinajstić information content (AvgIpc) is 2.65. The van der Waals surface area contributed by atoms with Crippen LogP contribution in [0.2, 0.25) is 0 Å². The fourth-order valence-electron chi connectivity index (χ4n) is 1.55. The molecule has 4 heteroatoms. The molecule has 1 aromatic carbocycles. The Morgan fingerprint density at radius 3 is 3.13 bits per heavy atom. The zero-order valence-electron chi connectivity index (χ0n) is 8.69. The van der Waals surface area contributed by atoms with Gasteiger partial charge in [-0.15, -0.1) is 0 Å². The highest BCUT2D eigenvalue weighted by atomic mass is 16.7. The quantitative estimate of drug-likeness (QED) is 0.773. The molecule has 2 N–H and O–H groups in total. The van der Waals surface area contributed by atoms with Crippen LogP contribution in [-0.2, 0) is 6.54 Å². The van der Waals surface area contributed by atoms with Crippen molar-refractivity contribution < 1.29 is 14.6 Å². The van der Waals surface area contributed by atoms with Gasteiger partial charge in [0.2, 0.25) is 6.79 Å². The second-order valence-electron chi connectivity index (χ2n) is 3.63. The average molecular weight is 209 g/mol. The van der Waals surface area contributed by atoms with Gasteiger partial charge in [0.15, 0.2) is 11.5 Å². The largest absolute Gasteiger partial charge is 0.454 e. The third kappa shape index (κ3) is 2.40. The highest BCUT2D eigenvalue weighted by Crippen LogP contribution is 2.35. The van der Waals surface area contributed by atoms with E-state index in [4.69, 9.17) is 14.6 Å². The molecule has 0 radical (unpaired) electrons. The zero-order chi connectivity index (χ0) is 10.7. The van der Waals surface area contributed by atoms with Crippen LogP contribution in [0.25, 0.3) is 0 Å². The van der Waals surface area contributed by atoms with Crippen LogP contribution in [0, 0.1) is 0 Å². The van der Waals surface area contributed by atoms with Gasteiger partial charge in [-0.3, -0.25) is 0 Å². The van der Waals surface area contributed by atoms with Gasteiger partial charge in [-0.1, -0.05) is 12.1 Å². The van der Waals surface area contributed by atoms with Crippen molar-refractivity contribution in [2.24, 2.45) is 0 Å². The molecule has 0 saturated carbocycles. The minimum absolute atomic E-state index is 0.294. The van der Waals surface area contributed by atoms with Crippen LogP contribution in [0.3, 0.4) is 0 Å². The van der Waals surface area contributed by atoms with Crippen molar-refractivity contribution in [2.45, 2.75) is 19.6 Å².